The molecule has 170 valence electrons. The number of rotatable bonds is 6. The van der Waals surface area contributed by atoms with E-state index in [1.807, 2.05) is 24.3 Å². The van der Waals surface area contributed by atoms with Gasteiger partial charge in [-0.3, -0.25) is 9.69 Å². The summed E-state index contributed by atoms with van der Waals surface area (Å²) in [6.45, 7) is 12.4. The van der Waals surface area contributed by atoms with Crippen LogP contribution in [0.5, 0.6) is 0 Å². The van der Waals surface area contributed by atoms with Crippen molar-refractivity contribution in [2.75, 3.05) is 37.6 Å². The zero-order chi connectivity index (χ0) is 22.7. The molecule has 1 heterocycles. The Kier molecular flexibility index (Phi) is 7.07. The Morgan fingerprint density at radius 1 is 1.00 bits per heavy atom. The van der Waals surface area contributed by atoms with Crippen molar-refractivity contribution in [2.45, 2.75) is 40.0 Å². The van der Waals surface area contributed by atoms with Crippen molar-refractivity contribution in [1.29, 1.82) is 0 Å². The van der Waals surface area contributed by atoms with Crippen molar-refractivity contribution in [3.63, 3.8) is 0 Å². The highest BCUT2D eigenvalue weighted by Gasteiger charge is 2.35. The van der Waals surface area contributed by atoms with Gasteiger partial charge in [0.05, 0.1) is 0 Å². The Labute approximate surface area is 198 Å². The second kappa shape index (κ2) is 9.80. The minimum atomic E-state index is 0.368. The molecule has 3 nitrogen and oxygen atoms in total. The first-order valence-electron chi connectivity index (χ1n) is 11.9. The molecule has 0 spiro atoms. The number of hydrogen-bond acceptors (Lipinski definition) is 3. The number of aldehydes is 1. The second-order valence-electron chi connectivity index (χ2n) is 10.0. The Morgan fingerprint density at radius 2 is 1.66 bits per heavy atom. The quantitative estimate of drug-likeness (QED) is 0.464. The van der Waals surface area contributed by atoms with Gasteiger partial charge < -0.3 is 4.90 Å². The van der Waals surface area contributed by atoms with E-state index < -0.39 is 0 Å². The lowest BCUT2D eigenvalue weighted by Crippen LogP contribution is -2.47. The summed E-state index contributed by atoms with van der Waals surface area (Å²) < 4.78 is 0. The molecular weight excluding hydrogens is 416 g/mol. The maximum Gasteiger partial charge on any atom is 0.150 e. The van der Waals surface area contributed by atoms with E-state index in [1.54, 1.807) is 5.57 Å². The number of carbonyl (C=O) groups excluding carboxylic acids is 1. The number of hydrogen-bond donors (Lipinski definition) is 0. The van der Waals surface area contributed by atoms with E-state index in [2.05, 4.69) is 54.8 Å². The SMILES string of the molecule is CC(C)C1(C)CCC(c2ccc(Cl)cc2)=C(CN2CCN(c3ccc(C=O)cc3)CC2)C1. The lowest BCUT2D eigenvalue weighted by Gasteiger charge is -2.42. The van der Waals surface area contributed by atoms with Crippen LogP contribution in [0.25, 0.3) is 5.57 Å². The molecule has 1 aliphatic carbocycles. The molecule has 2 aromatic carbocycles. The summed E-state index contributed by atoms with van der Waals surface area (Å²) in [7, 11) is 0. The Hall–Kier alpha value is -2.10. The van der Waals surface area contributed by atoms with Gasteiger partial charge in [0.25, 0.3) is 0 Å². The zero-order valence-corrected chi connectivity index (χ0v) is 20.4. The van der Waals surface area contributed by atoms with Crippen LogP contribution in [-0.2, 0) is 0 Å². The Bertz CT molecular complexity index is 956. The van der Waals surface area contributed by atoms with Gasteiger partial charge in [-0.25, -0.2) is 0 Å². The predicted molar refractivity (Wildman–Crippen MR) is 136 cm³/mol. The average Bonchev–Trinajstić information content (AvgIpc) is 2.80. The zero-order valence-electron chi connectivity index (χ0n) is 19.6. The fraction of sp³-hybridized carbons (Fsp3) is 0.464. The largest absolute Gasteiger partial charge is 0.369 e. The van der Waals surface area contributed by atoms with Crippen LogP contribution in [0.2, 0.25) is 5.02 Å². The van der Waals surface area contributed by atoms with Crippen LogP contribution in [0, 0.1) is 11.3 Å². The molecule has 4 rings (SSSR count). The van der Waals surface area contributed by atoms with Gasteiger partial charge in [0, 0.05) is 49.0 Å². The molecule has 2 aliphatic rings. The average molecular weight is 451 g/mol. The molecule has 0 amide bonds. The first-order valence-corrected chi connectivity index (χ1v) is 12.2. The standard InChI is InChI=1S/C28H35ClN2O/c1-21(2)28(3)13-12-27(23-6-8-25(29)9-7-23)24(18-28)19-30-14-16-31(17-15-30)26-10-4-22(20-32)5-11-26/h4-11,20-21H,12-19H2,1-3H3. The minimum Gasteiger partial charge on any atom is -0.369 e. The molecule has 0 bridgehead atoms. The summed E-state index contributed by atoms with van der Waals surface area (Å²) in [6, 6.07) is 16.4. The smallest absolute Gasteiger partial charge is 0.150 e. The van der Waals surface area contributed by atoms with Crippen molar-refractivity contribution < 1.29 is 4.79 Å². The highest BCUT2D eigenvalue weighted by molar-refractivity contribution is 6.30. The third kappa shape index (κ3) is 5.10. The number of carbonyl (C=O) groups is 1. The lowest BCUT2D eigenvalue weighted by atomic mass is 9.66. The molecule has 0 radical (unpaired) electrons. The first-order chi connectivity index (χ1) is 15.4. The number of allylic oxidation sites excluding steroid dienone is 1. The third-order valence-electron chi connectivity index (χ3n) is 7.76. The van der Waals surface area contributed by atoms with E-state index in [-0.39, 0.29) is 0 Å². The summed E-state index contributed by atoms with van der Waals surface area (Å²) in [5.74, 6) is 0.676. The van der Waals surface area contributed by atoms with Gasteiger partial charge in [-0.15, -0.1) is 0 Å². The van der Waals surface area contributed by atoms with Crippen molar-refractivity contribution >= 4 is 29.1 Å². The second-order valence-corrected chi connectivity index (χ2v) is 10.5. The summed E-state index contributed by atoms with van der Waals surface area (Å²) in [6.07, 6.45) is 4.48. The van der Waals surface area contributed by atoms with Crippen LogP contribution in [0.4, 0.5) is 5.69 Å². The normalized spacial score (nSPS) is 22.5. The van der Waals surface area contributed by atoms with E-state index >= 15 is 0 Å². The number of piperazine rings is 1. The van der Waals surface area contributed by atoms with Crippen LogP contribution in [-0.4, -0.2) is 43.9 Å². The molecule has 1 unspecified atom stereocenters. The molecule has 32 heavy (non-hydrogen) atoms. The first kappa shape index (κ1) is 23.1. The van der Waals surface area contributed by atoms with Crippen LogP contribution in [0.3, 0.4) is 0 Å². The van der Waals surface area contributed by atoms with Gasteiger partial charge in [0.2, 0.25) is 0 Å². The summed E-state index contributed by atoms with van der Waals surface area (Å²) in [5, 5.41) is 0.802. The van der Waals surface area contributed by atoms with Gasteiger partial charge in [-0.05, 0) is 78.1 Å². The molecular formula is C28H35ClN2O. The summed E-state index contributed by atoms with van der Waals surface area (Å²) in [5.41, 5.74) is 6.79. The van der Waals surface area contributed by atoms with E-state index in [4.69, 9.17) is 11.6 Å². The molecule has 0 saturated carbocycles. The molecule has 2 aromatic rings. The van der Waals surface area contributed by atoms with Crippen LogP contribution in [0.15, 0.2) is 54.1 Å². The van der Waals surface area contributed by atoms with E-state index in [0.717, 1.165) is 56.0 Å². The Morgan fingerprint density at radius 3 is 2.25 bits per heavy atom. The number of benzene rings is 2. The van der Waals surface area contributed by atoms with Crippen LogP contribution < -0.4 is 4.90 Å². The minimum absolute atomic E-state index is 0.368. The van der Waals surface area contributed by atoms with Gasteiger partial charge >= 0.3 is 0 Å². The number of halogens is 1. The van der Waals surface area contributed by atoms with Crippen molar-refractivity contribution in [1.82, 2.24) is 4.90 Å². The highest BCUT2D eigenvalue weighted by Crippen LogP contribution is 2.47. The molecule has 1 saturated heterocycles. The van der Waals surface area contributed by atoms with Gasteiger partial charge in [0.1, 0.15) is 6.29 Å². The molecule has 0 N–H and O–H groups in total. The van der Waals surface area contributed by atoms with E-state index in [9.17, 15) is 4.79 Å². The number of nitrogens with zero attached hydrogens (tertiary/aromatic N) is 2. The fourth-order valence-corrected chi connectivity index (χ4v) is 5.24. The summed E-state index contributed by atoms with van der Waals surface area (Å²) >= 11 is 6.16. The van der Waals surface area contributed by atoms with Crippen molar-refractivity contribution in [2.24, 2.45) is 11.3 Å². The lowest BCUT2D eigenvalue weighted by molar-refractivity contribution is 0.112. The monoisotopic (exact) mass is 450 g/mol. The molecule has 4 heteroatoms. The third-order valence-corrected chi connectivity index (χ3v) is 8.01. The van der Waals surface area contributed by atoms with Crippen LogP contribution in [0.1, 0.15) is 56.0 Å². The van der Waals surface area contributed by atoms with Crippen molar-refractivity contribution in [3.05, 3.63) is 70.3 Å². The van der Waals surface area contributed by atoms with Crippen molar-refractivity contribution in [3.8, 4) is 0 Å². The maximum absolute atomic E-state index is 10.9. The van der Waals surface area contributed by atoms with Crippen LogP contribution >= 0.6 is 11.6 Å². The summed E-state index contributed by atoms with van der Waals surface area (Å²) in [4.78, 5) is 16.0. The van der Waals surface area contributed by atoms with E-state index in [0.29, 0.717) is 11.3 Å². The highest BCUT2D eigenvalue weighted by atomic mass is 35.5. The molecule has 0 aromatic heterocycles. The number of anilines is 1. The topological polar surface area (TPSA) is 23.6 Å². The maximum atomic E-state index is 10.9. The molecule has 1 aliphatic heterocycles. The molecule has 1 fully saturated rings. The molecule has 1 atom stereocenters. The predicted octanol–water partition coefficient (Wildman–Crippen LogP) is 6.57. The van der Waals surface area contributed by atoms with E-state index in [1.165, 1.54) is 29.7 Å². The van der Waals surface area contributed by atoms with Gasteiger partial charge in [-0.2, -0.15) is 0 Å². The Balaban J connectivity index is 1.49. The van der Waals surface area contributed by atoms with Gasteiger partial charge in [-0.1, -0.05) is 50.1 Å². The van der Waals surface area contributed by atoms with Gasteiger partial charge in [0.15, 0.2) is 0 Å². The fourth-order valence-electron chi connectivity index (χ4n) is 5.11.